The number of rotatable bonds is 7. The fraction of sp³-hybridized carbons (Fsp3) is 0.300. The standard InChI is InChI=1S/C20H22ClNO3/c1-14-3-5-15(6-4-14)18(23)11-12-19(24)22-13-20(2,25)16-7-9-17(21)10-8-16/h3-10,25H,11-13H2,1-2H3,(H,22,24). The minimum atomic E-state index is -1.21. The Morgan fingerprint density at radius 1 is 1.04 bits per heavy atom. The quantitative estimate of drug-likeness (QED) is 0.742. The summed E-state index contributed by atoms with van der Waals surface area (Å²) in [6.07, 6.45) is 0.224. The van der Waals surface area contributed by atoms with Gasteiger partial charge in [-0.1, -0.05) is 53.6 Å². The Labute approximate surface area is 152 Å². The zero-order chi connectivity index (χ0) is 18.4. The van der Waals surface area contributed by atoms with Crippen molar-refractivity contribution < 1.29 is 14.7 Å². The Bertz CT molecular complexity index is 737. The molecule has 0 radical (unpaired) electrons. The second-order valence-corrected chi connectivity index (χ2v) is 6.78. The highest BCUT2D eigenvalue weighted by atomic mass is 35.5. The van der Waals surface area contributed by atoms with E-state index in [2.05, 4.69) is 5.32 Å². The Morgan fingerprint density at radius 2 is 1.64 bits per heavy atom. The van der Waals surface area contributed by atoms with Crippen LogP contribution in [0.15, 0.2) is 48.5 Å². The molecule has 2 aromatic carbocycles. The molecule has 0 aliphatic heterocycles. The van der Waals surface area contributed by atoms with E-state index in [0.29, 0.717) is 16.1 Å². The second-order valence-electron chi connectivity index (χ2n) is 6.35. The molecule has 2 N–H and O–H groups in total. The van der Waals surface area contributed by atoms with Gasteiger partial charge in [0.15, 0.2) is 5.78 Å². The first kappa shape index (κ1) is 19.2. The number of carbonyl (C=O) groups is 2. The van der Waals surface area contributed by atoms with Crippen LogP contribution in [0, 0.1) is 6.92 Å². The normalized spacial score (nSPS) is 13.1. The average Bonchev–Trinajstić information content (AvgIpc) is 2.59. The third-order valence-corrected chi connectivity index (χ3v) is 4.30. The van der Waals surface area contributed by atoms with Crippen LogP contribution < -0.4 is 5.32 Å². The zero-order valence-electron chi connectivity index (χ0n) is 14.4. The van der Waals surface area contributed by atoms with Crippen molar-refractivity contribution in [3.8, 4) is 0 Å². The zero-order valence-corrected chi connectivity index (χ0v) is 15.1. The molecule has 25 heavy (non-hydrogen) atoms. The Balaban J connectivity index is 1.82. The van der Waals surface area contributed by atoms with E-state index in [9.17, 15) is 14.7 Å². The number of Topliss-reactive ketones (excluding diaryl/α,β-unsaturated/α-hetero) is 1. The van der Waals surface area contributed by atoms with Crippen molar-refractivity contribution in [1.82, 2.24) is 5.32 Å². The lowest BCUT2D eigenvalue weighted by Crippen LogP contribution is -2.38. The van der Waals surface area contributed by atoms with Crippen molar-refractivity contribution in [2.45, 2.75) is 32.3 Å². The maximum Gasteiger partial charge on any atom is 0.220 e. The Morgan fingerprint density at radius 3 is 2.24 bits per heavy atom. The van der Waals surface area contributed by atoms with Crippen LogP contribution in [0.5, 0.6) is 0 Å². The predicted molar refractivity (Wildman–Crippen MR) is 98.8 cm³/mol. The lowest BCUT2D eigenvalue weighted by atomic mass is 9.96. The number of halogens is 1. The molecule has 0 aliphatic carbocycles. The molecule has 4 nitrogen and oxygen atoms in total. The molecule has 1 unspecified atom stereocenters. The van der Waals surface area contributed by atoms with Crippen LogP contribution >= 0.6 is 11.6 Å². The van der Waals surface area contributed by atoms with Crippen molar-refractivity contribution >= 4 is 23.3 Å². The Kier molecular flexibility index (Phi) is 6.34. The fourth-order valence-corrected chi connectivity index (χ4v) is 2.51. The maximum atomic E-state index is 12.1. The molecular weight excluding hydrogens is 338 g/mol. The smallest absolute Gasteiger partial charge is 0.220 e. The van der Waals surface area contributed by atoms with Crippen LogP contribution in [0.4, 0.5) is 0 Å². The molecule has 132 valence electrons. The number of amides is 1. The minimum absolute atomic E-state index is 0.0617. The van der Waals surface area contributed by atoms with Crippen LogP contribution in [-0.2, 0) is 10.4 Å². The monoisotopic (exact) mass is 359 g/mol. The third-order valence-electron chi connectivity index (χ3n) is 4.05. The second kappa shape index (κ2) is 8.28. The molecule has 0 saturated carbocycles. The molecule has 0 heterocycles. The molecule has 0 aromatic heterocycles. The van der Waals surface area contributed by atoms with Crippen molar-refractivity contribution in [2.24, 2.45) is 0 Å². The first-order valence-corrected chi connectivity index (χ1v) is 8.51. The molecule has 2 rings (SSSR count). The van der Waals surface area contributed by atoms with Crippen molar-refractivity contribution in [2.75, 3.05) is 6.54 Å². The van der Waals surface area contributed by atoms with Gasteiger partial charge in [-0.05, 0) is 31.5 Å². The number of aliphatic hydroxyl groups is 1. The summed E-state index contributed by atoms with van der Waals surface area (Å²) < 4.78 is 0. The van der Waals surface area contributed by atoms with Crippen LogP contribution in [0.25, 0.3) is 0 Å². The lowest BCUT2D eigenvalue weighted by Gasteiger charge is -2.24. The van der Waals surface area contributed by atoms with E-state index in [-0.39, 0.29) is 31.1 Å². The van der Waals surface area contributed by atoms with E-state index in [1.807, 2.05) is 19.1 Å². The van der Waals surface area contributed by atoms with Gasteiger partial charge < -0.3 is 10.4 Å². The summed E-state index contributed by atoms with van der Waals surface area (Å²) in [6, 6.07) is 14.1. The predicted octanol–water partition coefficient (Wildman–Crippen LogP) is 3.64. The van der Waals surface area contributed by atoms with E-state index < -0.39 is 5.60 Å². The van der Waals surface area contributed by atoms with E-state index >= 15 is 0 Å². The van der Waals surface area contributed by atoms with Gasteiger partial charge in [-0.2, -0.15) is 0 Å². The van der Waals surface area contributed by atoms with Crippen LogP contribution in [-0.4, -0.2) is 23.3 Å². The van der Waals surface area contributed by atoms with Crippen LogP contribution in [0.2, 0.25) is 5.02 Å². The molecule has 0 saturated heterocycles. The first-order valence-electron chi connectivity index (χ1n) is 8.13. The highest BCUT2D eigenvalue weighted by Crippen LogP contribution is 2.21. The lowest BCUT2D eigenvalue weighted by molar-refractivity contribution is -0.122. The molecule has 0 fully saturated rings. The van der Waals surface area contributed by atoms with Crippen molar-refractivity contribution in [3.05, 3.63) is 70.2 Å². The summed E-state index contributed by atoms with van der Waals surface area (Å²) in [5.74, 6) is -0.339. The molecule has 0 spiro atoms. The number of hydrogen-bond acceptors (Lipinski definition) is 3. The van der Waals surface area contributed by atoms with Gasteiger partial charge in [0, 0.05) is 23.4 Å². The fourth-order valence-electron chi connectivity index (χ4n) is 2.38. The number of hydrogen-bond donors (Lipinski definition) is 2. The van der Waals surface area contributed by atoms with E-state index in [4.69, 9.17) is 11.6 Å². The summed E-state index contributed by atoms with van der Waals surface area (Å²) in [6.45, 7) is 3.63. The number of ketones is 1. The largest absolute Gasteiger partial charge is 0.384 e. The molecule has 0 bridgehead atoms. The number of nitrogens with one attached hydrogen (secondary N) is 1. The van der Waals surface area contributed by atoms with Gasteiger partial charge in [-0.3, -0.25) is 9.59 Å². The van der Waals surface area contributed by atoms with Crippen molar-refractivity contribution in [1.29, 1.82) is 0 Å². The summed E-state index contributed by atoms with van der Waals surface area (Å²) in [4.78, 5) is 24.0. The minimum Gasteiger partial charge on any atom is -0.384 e. The van der Waals surface area contributed by atoms with E-state index in [1.54, 1.807) is 43.3 Å². The summed E-state index contributed by atoms with van der Waals surface area (Å²) in [5, 5.41) is 13.7. The topological polar surface area (TPSA) is 66.4 Å². The van der Waals surface area contributed by atoms with Gasteiger partial charge in [-0.15, -0.1) is 0 Å². The summed E-state index contributed by atoms with van der Waals surface area (Å²) in [5.41, 5.74) is 1.14. The number of benzene rings is 2. The number of carbonyl (C=O) groups excluding carboxylic acids is 2. The van der Waals surface area contributed by atoms with Gasteiger partial charge >= 0.3 is 0 Å². The maximum absolute atomic E-state index is 12.1. The highest BCUT2D eigenvalue weighted by molar-refractivity contribution is 6.30. The van der Waals surface area contributed by atoms with Gasteiger partial charge in [0.25, 0.3) is 0 Å². The first-order chi connectivity index (χ1) is 11.8. The van der Waals surface area contributed by atoms with Gasteiger partial charge in [0.2, 0.25) is 5.91 Å². The third kappa shape index (κ3) is 5.69. The van der Waals surface area contributed by atoms with Crippen LogP contribution in [0.3, 0.4) is 0 Å². The highest BCUT2D eigenvalue weighted by Gasteiger charge is 2.23. The van der Waals surface area contributed by atoms with E-state index in [1.165, 1.54) is 0 Å². The molecular formula is C20H22ClNO3. The molecule has 1 atom stereocenters. The molecule has 0 aliphatic rings. The molecule has 2 aromatic rings. The number of aryl methyl sites for hydroxylation is 1. The summed E-state index contributed by atoms with van der Waals surface area (Å²) >= 11 is 5.84. The SMILES string of the molecule is Cc1ccc(C(=O)CCC(=O)NCC(C)(O)c2ccc(Cl)cc2)cc1. The van der Waals surface area contributed by atoms with Gasteiger partial charge in [0.05, 0.1) is 6.54 Å². The molecule has 5 heteroatoms. The van der Waals surface area contributed by atoms with Crippen molar-refractivity contribution in [3.63, 3.8) is 0 Å². The van der Waals surface area contributed by atoms with Gasteiger partial charge in [-0.25, -0.2) is 0 Å². The van der Waals surface area contributed by atoms with Crippen LogP contribution in [0.1, 0.15) is 41.3 Å². The van der Waals surface area contributed by atoms with E-state index in [0.717, 1.165) is 5.56 Å². The molecule has 1 amide bonds. The summed E-state index contributed by atoms with van der Waals surface area (Å²) in [7, 11) is 0. The Hall–Kier alpha value is -2.17. The average molecular weight is 360 g/mol. The van der Waals surface area contributed by atoms with Gasteiger partial charge in [0.1, 0.15) is 5.60 Å².